The second-order valence-electron chi connectivity index (χ2n) is 5.29. The molecule has 3 aromatic rings. The van der Waals surface area contributed by atoms with Crippen LogP contribution in [0.1, 0.15) is 0 Å². The quantitative estimate of drug-likeness (QED) is 0.540. The molecule has 2 heterocycles. The minimum Gasteiger partial charge on any atom is -0.383 e. The van der Waals surface area contributed by atoms with Gasteiger partial charge in [0.1, 0.15) is 17.3 Å². The summed E-state index contributed by atoms with van der Waals surface area (Å²) in [7, 11) is -3.28. The number of nitrogen functional groups attached to an aromatic ring is 1. The lowest BCUT2D eigenvalue weighted by Crippen LogP contribution is -2.21. The van der Waals surface area contributed by atoms with E-state index >= 15 is 0 Å². The summed E-state index contributed by atoms with van der Waals surface area (Å²) < 4.78 is 65.4. The van der Waals surface area contributed by atoms with E-state index in [0.717, 1.165) is 15.7 Å². The second-order valence-corrected chi connectivity index (χ2v) is 8.10. The molecule has 0 unspecified atom stereocenters. The van der Waals surface area contributed by atoms with Gasteiger partial charge in [-0.2, -0.15) is 13.9 Å². The van der Waals surface area contributed by atoms with Gasteiger partial charge in [-0.15, -0.1) is 0 Å². The zero-order valence-electron chi connectivity index (χ0n) is 13.0. The average Bonchev–Trinajstić information content (AvgIpc) is 2.91. The van der Waals surface area contributed by atoms with Gasteiger partial charge in [0.15, 0.2) is 0 Å². The standard InChI is InChI=1S/C14H11F3IN5O2S/c1-23-12-8(18)5-20-13(19)10(12)11(21-23)6-2-3-9(7(15)4-6)22-26(24,25)14(16)17/h2-5,14,22H,1H3,(H2,19,20). The van der Waals surface area contributed by atoms with Gasteiger partial charge in [0.2, 0.25) is 0 Å². The van der Waals surface area contributed by atoms with Crippen molar-refractivity contribution in [3.05, 3.63) is 33.8 Å². The zero-order chi connectivity index (χ0) is 19.2. The van der Waals surface area contributed by atoms with Crippen LogP contribution in [0.25, 0.3) is 22.2 Å². The van der Waals surface area contributed by atoms with Crippen molar-refractivity contribution in [2.45, 2.75) is 5.76 Å². The molecule has 12 heteroatoms. The molecule has 3 N–H and O–H groups in total. The van der Waals surface area contributed by atoms with E-state index in [-0.39, 0.29) is 5.82 Å². The molecule has 0 amide bonds. The highest BCUT2D eigenvalue weighted by Gasteiger charge is 2.25. The van der Waals surface area contributed by atoms with Gasteiger partial charge in [0.05, 0.1) is 20.2 Å². The molecule has 3 rings (SSSR count). The van der Waals surface area contributed by atoms with Crippen LogP contribution in [0.5, 0.6) is 0 Å². The highest BCUT2D eigenvalue weighted by Crippen LogP contribution is 2.34. The lowest BCUT2D eigenvalue weighted by molar-refractivity contribution is 0.236. The van der Waals surface area contributed by atoms with Crippen LogP contribution >= 0.6 is 22.6 Å². The van der Waals surface area contributed by atoms with Gasteiger partial charge in [-0.1, -0.05) is 6.07 Å². The summed E-state index contributed by atoms with van der Waals surface area (Å²) in [4.78, 5) is 4.06. The lowest BCUT2D eigenvalue weighted by Gasteiger charge is -2.09. The lowest BCUT2D eigenvalue weighted by atomic mass is 10.1. The Balaban J connectivity index is 2.12. The smallest absolute Gasteiger partial charge is 0.355 e. The molecule has 0 aliphatic rings. The number of benzene rings is 1. The number of halogens is 4. The number of fused-ring (bicyclic) bond motifs is 1. The van der Waals surface area contributed by atoms with Crippen LogP contribution in [0.4, 0.5) is 24.7 Å². The molecule has 0 fully saturated rings. The van der Waals surface area contributed by atoms with Crippen molar-refractivity contribution in [3.8, 4) is 11.3 Å². The molecule has 7 nitrogen and oxygen atoms in total. The molecule has 1 aromatic carbocycles. The highest BCUT2D eigenvalue weighted by molar-refractivity contribution is 14.1. The normalized spacial score (nSPS) is 12.1. The SMILES string of the molecule is Cn1nc(-c2ccc(NS(=O)(=O)C(F)F)c(F)c2)c2c(N)ncc(I)c21. The van der Waals surface area contributed by atoms with Gasteiger partial charge in [-0.25, -0.2) is 17.8 Å². The first kappa shape index (κ1) is 18.7. The number of alkyl halides is 2. The largest absolute Gasteiger partial charge is 0.383 e. The molecular formula is C14H11F3IN5O2S. The van der Waals surface area contributed by atoms with Gasteiger partial charge in [-0.05, 0) is 34.7 Å². The number of hydrogen-bond donors (Lipinski definition) is 2. The average molecular weight is 497 g/mol. The summed E-state index contributed by atoms with van der Waals surface area (Å²) in [6, 6.07) is 3.39. The molecule has 0 atom stereocenters. The predicted molar refractivity (Wildman–Crippen MR) is 99.6 cm³/mol. The van der Waals surface area contributed by atoms with E-state index in [0.29, 0.717) is 22.2 Å². The van der Waals surface area contributed by atoms with Gasteiger partial charge in [0.25, 0.3) is 10.0 Å². The van der Waals surface area contributed by atoms with Crippen LogP contribution in [0.2, 0.25) is 0 Å². The summed E-state index contributed by atoms with van der Waals surface area (Å²) in [5.74, 6) is -4.50. The minimum atomic E-state index is -4.97. The third kappa shape index (κ3) is 3.18. The number of aromatic nitrogens is 3. The van der Waals surface area contributed by atoms with Crippen molar-refractivity contribution < 1.29 is 21.6 Å². The van der Waals surface area contributed by atoms with Crippen LogP contribution < -0.4 is 10.5 Å². The Morgan fingerprint density at radius 2 is 2.04 bits per heavy atom. The van der Waals surface area contributed by atoms with Crippen LogP contribution in [0.3, 0.4) is 0 Å². The van der Waals surface area contributed by atoms with Gasteiger partial charge < -0.3 is 5.73 Å². The van der Waals surface area contributed by atoms with E-state index in [9.17, 15) is 21.6 Å². The first-order valence-electron chi connectivity index (χ1n) is 6.98. The van der Waals surface area contributed by atoms with Crippen molar-refractivity contribution >= 4 is 55.0 Å². The van der Waals surface area contributed by atoms with Gasteiger partial charge in [-0.3, -0.25) is 9.40 Å². The van der Waals surface area contributed by atoms with E-state index in [1.165, 1.54) is 10.8 Å². The van der Waals surface area contributed by atoms with Crippen molar-refractivity contribution in [1.82, 2.24) is 14.8 Å². The number of nitrogens with zero attached hydrogens (tertiary/aromatic N) is 3. The number of sulfonamides is 1. The summed E-state index contributed by atoms with van der Waals surface area (Å²) in [6.45, 7) is 0. The van der Waals surface area contributed by atoms with E-state index in [2.05, 4.69) is 32.7 Å². The molecule has 0 spiro atoms. The highest BCUT2D eigenvalue weighted by atomic mass is 127. The van der Waals surface area contributed by atoms with Crippen LogP contribution in [0, 0.1) is 9.39 Å². The summed E-state index contributed by atoms with van der Waals surface area (Å²) in [5, 5.41) is 4.84. The molecule has 0 aliphatic carbocycles. The monoisotopic (exact) mass is 497 g/mol. The van der Waals surface area contributed by atoms with E-state index < -0.39 is 27.3 Å². The van der Waals surface area contributed by atoms with E-state index in [1.54, 1.807) is 17.9 Å². The molecule has 0 saturated carbocycles. The van der Waals surface area contributed by atoms with Crippen LogP contribution in [0.15, 0.2) is 24.4 Å². The fraction of sp³-hybridized carbons (Fsp3) is 0.143. The Hall–Kier alpha value is -2.09. The molecule has 0 radical (unpaired) electrons. The Bertz CT molecular complexity index is 1120. The molecule has 138 valence electrons. The predicted octanol–water partition coefficient (Wildman–Crippen LogP) is 2.93. The third-order valence-electron chi connectivity index (χ3n) is 3.58. The molecule has 2 aromatic heterocycles. The minimum absolute atomic E-state index is 0.200. The Labute approximate surface area is 159 Å². The molecule has 0 bridgehead atoms. The first-order valence-corrected chi connectivity index (χ1v) is 9.60. The van der Waals surface area contributed by atoms with E-state index in [1.807, 2.05) is 0 Å². The number of pyridine rings is 1. The zero-order valence-corrected chi connectivity index (χ0v) is 16.0. The Morgan fingerprint density at radius 1 is 1.35 bits per heavy atom. The molecule has 0 aliphatic heterocycles. The topological polar surface area (TPSA) is 103 Å². The number of anilines is 2. The third-order valence-corrected chi connectivity index (χ3v) is 5.34. The molecule has 26 heavy (non-hydrogen) atoms. The van der Waals surface area contributed by atoms with Crippen molar-refractivity contribution in [3.63, 3.8) is 0 Å². The van der Waals surface area contributed by atoms with Crippen LogP contribution in [-0.2, 0) is 17.1 Å². The number of nitrogens with one attached hydrogen (secondary N) is 1. The maximum absolute atomic E-state index is 14.3. The molecular weight excluding hydrogens is 486 g/mol. The number of nitrogens with two attached hydrogens (primary N) is 1. The second kappa shape index (κ2) is 6.57. The summed E-state index contributed by atoms with van der Waals surface area (Å²) >= 11 is 2.07. The molecule has 0 saturated heterocycles. The van der Waals surface area contributed by atoms with Crippen LogP contribution in [-0.4, -0.2) is 28.9 Å². The Morgan fingerprint density at radius 3 is 2.65 bits per heavy atom. The number of aryl methyl sites for hydroxylation is 1. The van der Waals surface area contributed by atoms with Gasteiger partial charge >= 0.3 is 5.76 Å². The van der Waals surface area contributed by atoms with Crippen molar-refractivity contribution in [2.24, 2.45) is 7.05 Å². The number of hydrogen-bond acceptors (Lipinski definition) is 5. The van der Waals surface area contributed by atoms with Crippen molar-refractivity contribution in [2.75, 3.05) is 10.5 Å². The van der Waals surface area contributed by atoms with Gasteiger partial charge in [0, 0.05) is 18.8 Å². The van der Waals surface area contributed by atoms with Crippen molar-refractivity contribution in [1.29, 1.82) is 0 Å². The first-order chi connectivity index (χ1) is 12.1. The summed E-state index contributed by atoms with van der Waals surface area (Å²) in [5.41, 5.74) is 6.68. The maximum atomic E-state index is 14.3. The fourth-order valence-corrected chi connectivity index (χ4v) is 3.76. The summed E-state index contributed by atoms with van der Waals surface area (Å²) in [6.07, 6.45) is 1.58. The number of rotatable bonds is 4. The fourth-order valence-electron chi connectivity index (χ4n) is 2.44. The maximum Gasteiger partial charge on any atom is 0.355 e. The van der Waals surface area contributed by atoms with E-state index in [4.69, 9.17) is 5.73 Å². The Kier molecular flexibility index (Phi) is 4.72.